The predicted octanol–water partition coefficient (Wildman–Crippen LogP) is 3.81. The molecular formula is C19H20BrNO3. The molecule has 0 aromatic heterocycles. The van der Waals surface area contributed by atoms with Crippen LogP contribution < -0.4 is 14.8 Å². The molecule has 0 saturated heterocycles. The van der Waals surface area contributed by atoms with E-state index in [2.05, 4.69) is 21.2 Å². The van der Waals surface area contributed by atoms with Crippen LogP contribution in [0.1, 0.15) is 24.0 Å². The summed E-state index contributed by atoms with van der Waals surface area (Å²) < 4.78 is 11.5. The lowest BCUT2D eigenvalue weighted by atomic mass is 9.95. The number of carbonyl (C=O) groups is 1. The number of methoxy groups -OCH3 is 2. The predicted molar refractivity (Wildman–Crippen MR) is 96.4 cm³/mol. The van der Waals surface area contributed by atoms with Crippen LogP contribution in [0.5, 0.6) is 11.5 Å². The number of benzene rings is 2. The molecule has 1 N–H and O–H groups in total. The first-order valence-corrected chi connectivity index (χ1v) is 8.63. The third-order valence-corrected chi connectivity index (χ3v) is 4.92. The zero-order chi connectivity index (χ0) is 17.2. The van der Waals surface area contributed by atoms with Crippen LogP contribution in [-0.2, 0) is 16.8 Å². The highest BCUT2D eigenvalue weighted by atomic mass is 79.9. The van der Waals surface area contributed by atoms with Gasteiger partial charge in [0.1, 0.15) is 11.5 Å². The van der Waals surface area contributed by atoms with Gasteiger partial charge in [-0.1, -0.05) is 28.1 Å². The minimum absolute atomic E-state index is 0.0717. The summed E-state index contributed by atoms with van der Waals surface area (Å²) in [5.74, 6) is 1.50. The average molecular weight is 390 g/mol. The van der Waals surface area contributed by atoms with Gasteiger partial charge in [0.25, 0.3) is 0 Å². The second kappa shape index (κ2) is 6.85. The minimum atomic E-state index is -0.382. The number of hydrogen-bond acceptors (Lipinski definition) is 3. The molecule has 1 saturated carbocycles. The molecule has 1 aliphatic carbocycles. The number of carbonyl (C=O) groups excluding carboxylic acids is 1. The first-order chi connectivity index (χ1) is 11.6. The standard InChI is InChI=1S/C19H20BrNO3/c1-23-16-8-13(9-17(11-16)24-2)12-21-18(22)19(6-7-19)14-4-3-5-15(20)10-14/h3-5,8-11H,6-7,12H2,1-2H3,(H,21,22). The number of rotatable bonds is 6. The lowest BCUT2D eigenvalue weighted by Gasteiger charge is -2.16. The van der Waals surface area contributed by atoms with E-state index in [1.807, 2.05) is 42.5 Å². The maximum Gasteiger partial charge on any atom is 0.230 e. The number of hydrogen-bond donors (Lipinski definition) is 1. The van der Waals surface area contributed by atoms with Crippen LogP contribution in [-0.4, -0.2) is 20.1 Å². The van der Waals surface area contributed by atoms with Crippen LogP contribution in [0.2, 0.25) is 0 Å². The summed E-state index contributed by atoms with van der Waals surface area (Å²) in [6.07, 6.45) is 1.77. The fourth-order valence-corrected chi connectivity index (χ4v) is 3.28. The lowest BCUT2D eigenvalue weighted by molar-refractivity contribution is -0.123. The summed E-state index contributed by atoms with van der Waals surface area (Å²) >= 11 is 3.48. The van der Waals surface area contributed by atoms with Gasteiger partial charge in [-0.25, -0.2) is 0 Å². The van der Waals surface area contributed by atoms with Crippen molar-refractivity contribution < 1.29 is 14.3 Å². The highest BCUT2D eigenvalue weighted by Gasteiger charge is 2.51. The van der Waals surface area contributed by atoms with Crippen molar-refractivity contribution in [2.24, 2.45) is 0 Å². The fraction of sp³-hybridized carbons (Fsp3) is 0.316. The third kappa shape index (κ3) is 3.41. The quantitative estimate of drug-likeness (QED) is 0.816. The van der Waals surface area contributed by atoms with Crippen molar-refractivity contribution >= 4 is 21.8 Å². The zero-order valence-electron chi connectivity index (χ0n) is 13.8. The molecule has 2 aromatic carbocycles. The molecule has 2 aromatic rings. The molecule has 126 valence electrons. The Hall–Kier alpha value is -2.01. The summed E-state index contributed by atoms with van der Waals surface area (Å²) in [5.41, 5.74) is 1.63. The monoisotopic (exact) mass is 389 g/mol. The molecule has 1 aliphatic rings. The van der Waals surface area contributed by atoms with Gasteiger partial charge in [0.15, 0.2) is 0 Å². The molecular weight excluding hydrogens is 370 g/mol. The van der Waals surface area contributed by atoms with Gasteiger partial charge in [-0.05, 0) is 48.2 Å². The Morgan fingerprint density at radius 2 is 1.79 bits per heavy atom. The van der Waals surface area contributed by atoms with Gasteiger partial charge in [0.2, 0.25) is 5.91 Å². The van der Waals surface area contributed by atoms with E-state index in [0.717, 1.165) is 28.4 Å². The summed E-state index contributed by atoms with van der Waals surface area (Å²) in [6.45, 7) is 0.447. The van der Waals surface area contributed by atoms with Crippen LogP contribution >= 0.6 is 15.9 Å². The Labute approximate surface area is 150 Å². The number of nitrogens with one attached hydrogen (secondary N) is 1. The van der Waals surface area contributed by atoms with E-state index in [1.54, 1.807) is 14.2 Å². The van der Waals surface area contributed by atoms with E-state index in [1.165, 1.54) is 0 Å². The van der Waals surface area contributed by atoms with Crippen molar-refractivity contribution in [3.8, 4) is 11.5 Å². The second-order valence-electron chi connectivity index (χ2n) is 6.00. The van der Waals surface area contributed by atoms with Crippen molar-refractivity contribution in [2.45, 2.75) is 24.8 Å². The zero-order valence-corrected chi connectivity index (χ0v) is 15.4. The Morgan fingerprint density at radius 1 is 1.12 bits per heavy atom. The molecule has 0 unspecified atom stereocenters. The Morgan fingerprint density at radius 3 is 2.33 bits per heavy atom. The molecule has 0 radical (unpaired) electrons. The Kier molecular flexibility index (Phi) is 4.81. The molecule has 0 spiro atoms. The van der Waals surface area contributed by atoms with E-state index < -0.39 is 0 Å². The van der Waals surface area contributed by atoms with Crippen molar-refractivity contribution in [1.82, 2.24) is 5.32 Å². The van der Waals surface area contributed by atoms with Crippen molar-refractivity contribution in [1.29, 1.82) is 0 Å². The normalized spacial score (nSPS) is 14.8. The van der Waals surface area contributed by atoms with E-state index in [0.29, 0.717) is 18.0 Å². The van der Waals surface area contributed by atoms with Crippen LogP contribution in [0.15, 0.2) is 46.9 Å². The minimum Gasteiger partial charge on any atom is -0.497 e. The van der Waals surface area contributed by atoms with Gasteiger partial charge in [0.05, 0.1) is 19.6 Å². The van der Waals surface area contributed by atoms with Gasteiger partial charge in [-0.15, -0.1) is 0 Å². The summed E-state index contributed by atoms with van der Waals surface area (Å²) in [4.78, 5) is 12.7. The van der Waals surface area contributed by atoms with E-state index >= 15 is 0 Å². The molecule has 24 heavy (non-hydrogen) atoms. The Balaban J connectivity index is 1.72. The van der Waals surface area contributed by atoms with E-state index in [9.17, 15) is 4.79 Å². The summed E-state index contributed by atoms with van der Waals surface area (Å²) in [5, 5.41) is 3.06. The number of amides is 1. The molecule has 0 atom stereocenters. The molecule has 5 heteroatoms. The SMILES string of the molecule is COc1cc(CNC(=O)C2(c3cccc(Br)c3)CC2)cc(OC)c1. The molecule has 0 bridgehead atoms. The molecule has 4 nitrogen and oxygen atoms in total. The Bertz CT molecular complexity index is 734. The first kappa shape index (κ1) is 16.8. The van der Waals surface area contributed by atoms with Gasteiger partial charge in [-0.2, -0.15) is 0 Å². The summed E-state index contributed by atoms with van der Waals surface area (Å²) in [6, 6.07) is 13.6. The largest absolute Gasteiger partial charge is 0.497 e. The summed E-state index contributed by atoms with van der Waals surface area (Å²) in [7, 11) is 3.23. The lowest BCUT2D eigenvalue weighted by Crippen LogP contribution is -2.34. The van der Waals surface area contributed by atoms with Crippen molar-refractivity contribution in [3.63, 3.8) is 0 Å². The maximum atomic E-state index is 12.7. The molecule has 1 amide bonds. The van der Waals surface area contributed by atoms with Gasteiger partial charge in [-0.3, -0.25) is 4.79 Å². The molecule has 1 fully saturated rings. The topological polar surface area (TPSA) is 47.6 Å². The fourth-order valence-electron chi connectivity index (χ4n) is 2.88. The van der Waals surface area contributed by atoms with Gasteiger partial charge >= 0.3 is 0 Å². The van der Waals surface area contributed by atoms with Crippen LogP contribution in [0.4, 0.5) is 0 Å². The smallest absolute Gasteiger partial charge is 0.230 e. The molecule has 0 heterocycles. The third-order valence-electron chi connectivity index (χ3n) is 4.43. The maximum absolute atomic E-state index is 12.7. The molecule has 3 rings (SSSR count). The average Bonchev–Trinajstić information content (AvgIpc) is 3.41. The van der Waals surface area contributed by atoms with Crippen molar-refractivity contribution in [3.05, 3.63) is 58.1 Å². The highest BCUT2D eigenvalue weighted by molar-refractivity contribution is 9.10. The first-order valence-electron chi connectivity index (χ1n) is 7.84. The van der Waals surface area contributed by atoms with E-state index in [-0.39, 0.29) is 11.3 Å². The number of ether oxygens (including phenoxy) is 2. The van der Waals surface area contributed by atoms with Crippen LogP contribution in [0, 0.1) is 0 Å². The van der Waals surface area contributed by atoms with Crippen LogP contribution in [0.25, 0.3) is 0 Å². The van der Waals surface area contributed by atoms with E-state index in [4.69, 9.17) is 9.47 Å². The second-order valence-corrected chi connectivity index (χ2v) is 6.91. The molecule has 0 aliphatic heterocycles. The van der Waals surface area contributed by atoms with Gasteiger partial charge < -0.3 is 14.8 Å². The highest BCUT2D eigenvalue weighted by Crippen LogP contribution is 2.48. The van der Waals surface area contributed by atoms with Gasteiger partial charge in [0, 0.05) is 17.1 Å². The number of halogens is 1. The van der Waals surface area contributed by atoms with Crippen LogP contribution in [0.3, 0.4) is 0 Å². The van der Waals surface area contributed by atoms with Crippen molar-refractivity contribution in [2.75, 3.05) is 14.2 Å².